The van der Waals surface area contributed by atoms with Gasteiger partial charge >= 0.3 is 0 Å². The van der Waals surface area contributed by atoms with Gasteiger partial charge in [-0.2, -0.15) is 0 Å². The Bertz CT molecular complexity index is 3070. The summed E-state index contributed by atoms with van der Waals surface area (Å²) in [4.78, 5) is 4.60. The fourth-order valence-electron chi connectivity index (χ4n) is 9.62. The van der Waals surface area contributed by atoms with Gasteiger partial charge in [-0.3, -0.25) is 4.98 Å². The van der Waals surface area contributed by atoms with Gasteiger partial charge in [-0.1, -0.05) is 205 Å². The van der Waals surface area contributed by atoms with E-state index in [0.717, 1.165) is 48.2 Å². The molecule has 0 radical (unpaired) electrons. The van der Waals surface area contributed by atoms with Crippen molar-refractivity contribution in [2.24, 2.45) is 5.73 Å². The van der Waals surface area contributed by atoms with Crippen LogP contribution >= 0.6 is 0 Å². The largest absolute Gasteiger partial charge is 0.398 e. The second kappa shape index (κ2) is 20.6. The summed E-state index contributed by atoms with van der Waals surface area (Å²) in [5.41, 5.74) is 25.0. The maximum atomic E-state index is 6.85. The highest BCUT2D eigenvalue weighted by atomic mass is 14.7. The number of nitrogens with zero attached hydrogens (tertiary/aromatic N) is 1. The van der Waals surface area contributed by atoms with Gasteiger partial charge in [0.05, 0.1) is 5.69 Å². The summed E-state index contributed by atoms with van der Waals surface area (Å²) in [6, 6.07) is 43.3. The molecule has 0 bridgehead atoms. The molecule has 0 spiro atoms. The third-order valence-corrected chi connectivity index (χ3v) is 12.8. The van der Waals surface area contributed by atoms with Crippen LogP contribution in [0.1, 0.15) is 104 Å². The highest BCUT2D eigenvalue weighted by Crippen LogP contribution is 2.40. The molecule has 1 heterocycles. The zero-order valence-electron chi connectivity index (χ0n) is 39.0. The van der Waals surface area contributed by atoms with Crippen LogP contribution in [0.5, 0.6) is 0 Å². The molecule has 10 rings (SSSR count). The molecule has 1 aromatic heterocycles. The van der Waals surface area contributed by atoms with Crippen LogP contribution in [0, 0.1) is 0 Å². The Morgan fingerprint density at radius 2 is 1.32 bits per heavy atom. The molecule has 7 aromatic rings. The molecule has 2 atom stereocenters. The smallest absolute Gasteiger partial charge is 0.0519 e. The number of hydrogen-bond donors (Lipinski definition) is 1. The van der Waals surface area contributed by atoms with Gasteiger partial charge in [-0.25, -0.2) is 0 Å². The number of aromatic nitrogens is 1. The summed E-state index contributed by atoms with van der Waals surface area (Å²) in [7, 11) is 0. The van der Waals surface area contributed by atoms with Gasteiger partial charge in [-0.05, 0) is 149 Å². The molecule has 0 aliphatic heterocycles. The zero-order valence-corrected chi connectivity index (χ0v) is 39.0. The Morgan fingerprint density at radius 1 is 0.631 bits per heavy atom. The molecule has 65 heavy (non-hydrogen) atoms. The first-order valence-electron chi connectivity index (χ1n) is 23.7. The predicted molar refractivity (Wildman–Crippen MR) is 282 cm³/mol. The first-order valence-corrected chi connectivity index (χ1v) is 23.7. The Morgan fingerprint density at radius 3 is 2.12 bits per heavy atom. The van der Waals surface area contributed by atoms with Crippen molar-refractivity contribution < 1.29 is 0 Å². The number of pyridine rings is 1. The Balaban J connectivity index is 0.00000140. The lowest BCUT2D eigenvalue weighted by Gasteiger charge is -2.19. The van der Waals surface area contributed by atoms with Crippen LogP contribution in [0.2, 0.25) is 0 Å². The zero-order chi connectivity index (χ0) is 45.3. The van der Waals surface area contributed by atoms with Crippen molar-refractivity contribution in [1.29, 1.82) is 0 Å². The van der Waals surface area contributed by atoms with Crippen LogP contribution < -0.4 is 5.73 Å². The van der Waals surface area contributed by atoms with Crippen LogP contribution in [-0.2, 0) is 25.7 Å². The van der Waals surface area contributed by atoms with Gasteiger partial charge in [-0.15, -0.1) is 0 Å². The molecule has 0 fully saturated rings. The average molecular weight is 847 g/mol. The van der Waals surface area contributed by atoms with E-state index in [1.54, 1.807) is 0 Å². The third kappa shape index (κ3) is 9.59. The lowest BCUT2D eigenvalue weighted by Crippen LogP contribution is -2.00. The summed E-state index contributed by atoms with van der Waals surface area (Å²) >= 11 is 0. The second-order valence-electron chi connectivity index (χ2n) is 16.9. The predicted octanol–water partition coefficient (Wildman–Crippen LogP) is 16.4. The third-order valence-electron chi connectivity index (χ3n) is 12.8. The van der Waals surface area contributed by atoms with Gasteiger partial charge in [0.25, 0.3) is 0 Å². The first kappa shape index (κ1) is 44.6. The summed E-state index contributed by atoms with van der Waals surface area (Å²) in [6.45, 7) is 12.6. The fraction of sp³-hybridized carbons (Fsp3) is 0.190. The van der Waals surface area contributed by atoms with Crippen molar-refractivity contribution in [3.63, 3.8) is 0 Å². The first-order chi connectivity index (χ1) is 32.0. The quantitative estimate of drug-likeness (QED) is 0.181. The van der Waals surface area contributed by atoms with E-state index in [9.17, 15) is 0 Å². The Hall–Kier alpha value is -7.03. The van der Waals surface area contributed by atoms with Gasteiger partial charge in [0.1, 0.15) is 0 Å². The molecule has 3 aliphatic carbocycles. The number of nitrogens with two attached hydrogens (primary N) is 1. The summed E-state index contributed by atoms with van der Waals surface area (Å²) in [5, 5.41) is 5.43. The highest BCUT2D eigenvalue weighted by Gasteiger charge is 2.18. The van der Waals surface area contributed by atoms with Crippen LogP contribution in [-0.4, -0.2) is 4.98 Å². The van der Waals surface area contributed by atoms with Crippen LogP contribution in [0.4, 0.5) is 0 Å². The van der Waals surface area contributed by atoms with Gasteiger partial charge in [0, 0.05) is 18.3 Å². The molecule has 0 saturated carbocycles. The Labute approximate surface area is 387 Å². The lowest BCUT2D eigenvalue weighted by atomic mass is 9.85. The summed E-state index contributed by atoms with van der Waals surface area (Å²) < 4.78 is 0. The standard InChI is InChI=1S/C59H50N2.2C2H6/c1-39-13-5-4-8-16-45-27-28-47(54-22-11-21-51(39)58(45)54)33-42-34-49(46-18-9-19-48(37-46)56(60)31-25-41-24-26-43-20-12-32-61-57(43)36-41)38-50(35-42)53-30-29-52-40(2)14-6-3-7-15-44-17-10-23-55(53)59(44)52;2*1-2/h3-14,17-32,34-35,37-40H,15-16,33,36,60H2,1-2H3;2*1-2H3/b7-3-,8-4-,13-5-,14-6-,41-25-,56-31-;;. The molecule has 2 N–H and O–H groups in total. The normalized spacial score (nSPS) is 18.8. The molecule has 6 aromatic carbocycles. The minimum atomic E-state index is 0.306. The van der Waals surface area contributed by atoms with E-state index in [1.165, 1.54) is 82.8 Å². The summed E-state index contributed by atoms with van der Waals surface area (Å²) in [6.07, 6.45) is 31.8. The van der Waals surface area contributed by atoms with Crippen molar-refractivity contribution in [2.75, 3.05) is 0 Å². The SMILES string of the molecule is CC.CC.CC1/C=C\C=C/Cc2ccc(Cc3cc(-c4cccc(/C(N)=C/C=C5/C=Cc6cccnc6C5)c4)cc(-c4ccc5c6c(cccc46)C/C=C\C=C/C5C)c3)c3cccc1c23. The minimum Gasteiger partial charge on any atom is -0.398 e. The van der Waals surface area contributed by atoms with E-state index in [2.05, 4.69) is 195 Å². The molecule has 0 amide bonds. The van der Waals surface area contributed by atoms with E-state index < -0.39 is 0 Å². The van der Waals surface area contributed by atoms with E-state index in [0.29, 0.717) is 11.8 Å². The van der Waals surface area contributed by atoms with Gasteiger partial charge in [0.2, 0.25) is 0 Å². The Kier molecular flexibility index (Phi) is 14.2. The molecule has 2 unspecified atom stereocenters. The van der Waals surface area contributed by atoms with Crippen LogP contribution in [0.25, 0.3) is 55.6 Å². The van der Waals surface area contributed by atoms with Crippen molar-refractivity contribution in [3.05, 3.63) is 244 Å². The van der Waals surface area contributed by atoms with Crippen LogP contribution in [0.15, 0.2) is 194 Å². The number of fused-ring (bicyclic) bond motifs is 1. The molecule has 3 aliphatic rings. The maximum absolute atomic E-state index is 6.85. The van der Waals surface area contributed by atoms with Crippen molar-refractivity contribution in [1.82, 2.24) is 4.98 Å². The number of hydrogen-bond acceptors (Lipinski definition) is 2. The van der Waals surface area contributed by atoms with Gasteiger partial charge < -0.3 is 5.73 Å². The van der Waals surface area contributed by atoms with E-state index in [4.69, 9.17) is 5.73 Å². The van der Waals surface area contributed by atoms with Crippen molar-refractivity contribution >= 4 is 33.3 Å². The molecular formula is C63H62N2. The minimum absolute atomic E-state index is 0.306. The molecule has 0 saturated heterocycles. The number of allylic oxidation sites excluding steroid dienone is 12. The average Bonchev–Trinajstić information content (AvgIpc) is 3.49. The number of rotatable bonds is 6. The van der Waals surface area contributed by atoms with Crippen molar-refractivity contribution in [3.8, 4) is 22.3 Å². The fourth-order valence-corrected chi connectivity index (χ4v) is 9.62. The van der Waals surface area contributed by atoms with E-state index in [1.807, 2.05) is 46.0 Å². The lowest BCUT2D eigenvalue weighted by molar-refractivity contribution is 0.978. The highest BCUT2D eigenvalue weighted by molar-refractivity contribution is 6.01. The monoisotopic (exact) mass is 846 g/mol. The van der Waals surface area contributed by atoms with E-state index >= 15 is 0 Å². The van der Waals surface area contributed by atoms with Crippen molar-refractivity contribution in [2.45, 2.75) is 79.1 Å². The molecule has 2 heteroatoms. The van der Waals surface area contributed by atoms with Crippen LogP contribution in [0.3, 0.4) is 0 Å². The second-order valence-corrected chi connectivity index (χ2v) is 16.9. The topological polar surface area (TPSA) is 38.9 Å². The number of benzene rings is 6. The summed E-state index contributed by atoms with van der Waals surface area (Å²) in [5.74, 6) is 0.632. The van der Waals surface area contributed by atoms with Gasteiger partial charge in [0.15, 0.2) is 0 Å². The maximum Gasteiger partial charge on any atom is 0.0519 e. The molecular weight excluding hydrogens is 785 g/mol. The van der Waals surface area contributed by atoms with E-state index in [-0.39, 0.29) is 0 Å². The molecule has 324 valence electrons. The molecule has 2 nitrogen and oxygen atoms in total.